The Kier molecular flexibility index (Phi) is 6.27. The second kappa shape index (κ2) is 7.81. The highest BCUT2D eigenvalue weighted by molar-refractivity contribution is 7.89. The van der Waals surface area contributed by atoms with E-state index in [1.165, 1.54) is 16.4 Å². The lowest BCUT2D eigenvalue weighted by Crippen LogP contribution is -2.43. The summed E-state index contributed by atoms with van der Waals surface area (Å²) in [6.45, 7) is 1.07. The van der Waals surface area contributed by atoms with E-state index in [9.17, 15) is 13.2 Å². The largest absolute Gasteiger partial charge is 0.480 e. The molecule has 23 heavy (non-hydrogen) atoms. The number of sulfonamides is 1. The van der Waals surface area contributed by atoms with Crippen molar-refractivity contribution in [1.29, 1.82) is 0 Å². The average molecular weight is 381 g/mol. The lowest BCUT2D eigenvalue weighted by atomic mass is 10.00. The quantitative estimate of drug-likeness (QED) is 0.788. The lowest BCUT2D eigenvalue weighted by molar-refractivity contribution is -0.136. The van der Waals surface area contributed by atoms with Gasteiger partial charge >= 0.3 is 5.97 Å². The molecule has 0 amide bonds. The number of hydrogen-bond donors (Lipinski definition) is 2. The molecule has 0 bridgehead atoms. The van der Waals surface area contributed by atoms with Gasteiger partial charge in [-0.15, -0.1) is 0 Å². The molecule has 1 fully saturated rings. The summed E-state index contributed by atoms with van der Waals surface area (Å²) < 4.78 is 26.9. The highest BCUT2D eigenvalue weighted by atomic mass is 35.5. The number of carboxylic acids is 1. The number of piperidine rings is 1. The topological polar surface area (TPSA) is 86.7 Å². The van der Waals surface area contributed by atoms with Crippen LogP contribution < -0.4 is 5.32 Å². The van der Waals surface area contributed by atoms with Crippen molar-refractivity contribution in [3.8, 4) is 0 Å². The number of nitrogens with zero attached hydrogens (tertiary/aromatic N) is 1. The number of carboxylic acid groups (broad SMARTS) is 1. The molecule has 1 aromatic carbocycles. The van der Waals surface area contributed by atoms with Gasteiger partial charge in [-0.1, -0.05) is 29.3 Å². The monoisotopic (exact) mass is 380 g/mol. The second-order valence-electron chi connectivity index (χ2n) is 5.45. The van der Waals surface area contributed by atoms with Crippen LogP contribution in [-0.2, 0) is 14.8 Å². The number of hydrogen-bond acceptors (Lipinski definition) is 4. The third-order valence-electron chi connectivity index (χ3n) is 3.72. The Hall–Kier alpha value is -0.860. The first-order valence-electron chi connectivity index (χ1n) is 7.19. The van der Waals surface area contributed by atoms with Crippen LogP contribution in [0.4, 0.5) is 0 Å². The van der Waals surface area contributed by atoms with Gasteiger partial charge in [-0.25, -0.2) is 8.42 Å². The van der Waals surface area contributed by atoms with Crippen molar-refractivity contribution in [3.05, 3.63) is 28.2 Å². The van der Waals surface area contributed by atoms with Crippen molar-refractivity contribution in [2.24, 2.45) is 5.92 Å². The molecule has 9 heteroatoms. The minimum Gasteiger partial charge on any atom is -0.480 e. The predicted octanol–water partition coefficient (Wildman–Crippen LogP) is 2.07. The number of halogens is 2. The van der Waals surface area contributed by atoms with E-state index in [-0.39, 0.29) is 27.4 Å². The van der Waals surface area contributed by atoms with Gasteiger partial charge in [0.2, 0.25) is 10.0 Å². The van der Waals surface area contributed by atoms with Gasteiger partial charge in [-0.2, -0.15) is 4.31 Å². The smallest absolute Gasteiger partial charge is 0.317 e. The Morgan fingerprint density at radius 2 is 2.13 bits per heavy atom. The summed E-state index contributed by atoms with van der Waals surface area (Å²) in [5.74, 6) is -0.869. The van der Waals surface area contributed by atoms with Crippen LogP contribution in [0.15, 0.2) is 23.1 Å². The molecule has 1 aliphatic heterocycles. The van der Waals surface area contributed by atoms with Crippen LogP contribution in [0.3, 0.4) is 0 Å². The van der Waals surface area contributed by atoms with Crippen LogP contribution in [0.25, 0.3) is 0 Å². The zero-order valence-corrected chi connectivity index (χ0v) is 14.7. The molecule has 0 aliphatic carbocycles. The number of benzene rings is 1. The van der Waals surface area contributed by atoms with Crippen LogP contribution in [0.1, 0.15) is 12.8 Å². The number of carbonyl (C=O) groups is 1. The molecule has 1 atom stereocenters. The maximum absolute atomic E-state index is 12.8. The molecule has 1 heterocycles. The molecule has 1 unspecified atom stereocenters. The van der Waals surface area contributed by atoms with Gasteiger partial charge in [0, 0.05) is 13.1 Å². The van der Waals surface area contributed by atoms with Gasteiger partial charge in [-0.05, 0) is 37.4 Å². The van der Waals surface area contributed by atoms with Crippen LogP contribution in [0, 0.1) is 5.92 Å². The lowest BCUT2D eigenvalue weighted by Gasteiger charge is -2.32. The first-order chi connectivity index (χ1) is 10.8. The first kappa shape index (κ1) is 18.5. The molecule has 1 saturated heterocycles. The van der Waals surface area contributed by atoms with E-state index in [0.29, 0.717) is 19.6 Å². The summed E-state index contributed by atoms with van der Waals surface area (Å²) in [5.41, 5.74) is 0. The molecule has 2 rings (SSSR count). The summed E-state index contributed by atoms with van der Waals surface area (Å²) in [4.78, 5) is 10.5. The number of aliphatic carboxylic acids is 1. The summed E-state index contributed by atoms with van der Waals surface area (Å²) in [5, 5.41) is 11.7. The normalized spacial score (nSPS) is 19.7. The van der Waals surface area contributed by atoms with Crippen LogP contribution in [0.5, 0.6) is 0 Å². The van der Waals surface area contributed by atoms with Gasteiger partial charge in [-0.3, -0.25) is 4.79 Å². The predicted molar refractivity (Wildman–Crippen MR) is 88.5 cm³/mol. The molecule has 0 spiro atoms. The third-order valence-corrected chi connectivity index (χ3v) is 6.56. The fourth-order valence-corrected chi connectivity index (χ4v) is 4.91. The van der Waals surface area contributed by atoms with Crippen molar-refractivity contribution in [2.45, 2.75) is 17.7 Å². The van der Waals surface area contributed by atoms with Crippen LogP contribution >= 0.6 is 23.2 Å². The highest BCUT2D eigenvalue weighted by Gasteiger charge is 2.31. The Balaban J connectivity index is 2.10. The fourth-order valence-electron chi connectivity index (χ4n) is 2.62. The van der Waals surface area contributed by atoms with E-state index < -0.39 is 16.0 Å². The third kappa shape index (κ3) is 4.58. The van der Waals surface area contributed by atoms with E-state index in [1.807, 2.05) is 0 Å². The minimum atomic E-state index is -3.72. The van der Waals surface area contributed by atoms with Gasteiger partial charge in [0.15, 0.2) is 0 Å². The first-order valence-corrected chi connectivity index (χ1v) is 9.38. The van der Waals surface area contributed by atoms with Crippen molar-refractivity contribution in [1.82, 2.24) is 9.62 Å². The summed E-state index contributed by atoms with van der Waals surface area (Å²) in [6.07, 6.45) is 1.57. The zero-order chi connectivity index (χ0) is 17.0. The van der Waals surface area contributed by atoms with E-state index in [2.05, 4.69) is 5.32 Å². The Morgan fingerprint density at radius 3 is 2.83 bits per heavy atom. The van der Waals surface area contributed by atoms with E-state index in [0.717, 1.165) is 12.8 Å². The molecule has 1 aromatic rings. The Morgan fingerprint density at radius 1 is 1.39 bits per heavy atom. The number of nitrogens with one attached hydrogen (secondary N) is 1. The number of rotatable bonds is 6. The van der Waals surface area contributed by atoms with Gasteiger partial charge < -0.3 is 10.4 Å². The Bertz CT molecular complexity index is 681. The van der Waals surface area contributed by atoms with Crippen molar-refractivity contribution < 1.29 is 18.3 Å². The molecule has 0 saturated carbocycles. The molecule has 1 aliphatic rings. The van der Waals surface area contributed by atoms with Crippen LogP contribution in [-0.4, -0.2) is 50.0 Å². The second-order valence-corrected chi connectivity index (χ2v) is 8.14. The summed E-state index contributed by atoms with van der Waals surface area (Å²) in [7, 11) is -3.72. The molecular weight excluding hydrogens is 363 g/mol. The van der Waals surface area contributed by atoms with Crippen molar-refractivity contribution in [2.75, 3.05) is 26.2 Å². The standard InChI is InChI=1S/C14H18Cl2N2O4S/c15-11-4-1-5-12(14(11)16)23(21,22)18-6-2-3-10(9-18)7-17-8-13(19)20/h1,4-5,10,17H,2-3,6-9H2,(H,19,20). The highest BCUT2D eigenvalue weighted by Crippen LogP contribution is 2.32. The SMILES string of the molecule is O=C(O)CNCC1CCCN(S(=O)(=O)c2cccc(Cl)c2Cl)C1. The molecule has 6 nitrogen and oxygen atoms in total. The van der Waals surface area contributed by atoms with E-state index >= 15 is 0 Å². The minimum absolute atomic E-state index is 0.00538. The van der Waals surface area contributed by atoms with E-state index in [4.69, 9.17) is 28.3 Å². The summed E-state index contributed by atoms with van der Waals surface area (Å²) >= 11 is 11.9. The van der Waals surface area contributed by atoms with Gasteiger partial charge in [0.25, 0.3) is 0 Å². The average Bonchev–Trinajstić information content (AvgIpc) is 2.50. The summed E-state index contributed by atoms with van der Waals surface area (Å²) in [6, 6.07) is 4.53. The maximum atomic E-state index is 12.8. The van der Waals surface area contributed by atoms with Crippen molar-refractivity contribution >= 4 is 39.2 Å². The van der Waals surface area contributed by atoms with Crippen molar-refractivity contribution in [3.63, 3.8) is 0 Å². The fraction of sp³-hybridized carbons (Fsp3) is 0.500. The molecule has 128 valence electrons. The Labute approximate surface area is 145 Å². The van der Waals surface area contributed by atoms with E-state index in [1.54, 1.807) is 6.07 Å². The van der Waals surface area contributed by atoms with Gasteiger partial charge in [0.1, 0.15) is 4.90 Å². The molecule has 0 radical (unpaired) electrons. The molecule has 0 aromatic heterocycles. The van der Waals surface area contributed by atoms with Crippen LogP contribution in [0.2, 0.25) is 10.0 Å². The van der Waals surface area contributed by atoms with Gasteiger partial charge in [0.05, 0.1) is 16.6 Å². The molecular formula is C14H18Cl2N2O4S. The maximum Gasteiger partial charge on any atom is 0.317 e. The zero-order valence-electron chi connectivity index (χ0n) is 12.3. The molecule has 2 N–H and O–H groups in total.